The summed E-state index contributed by atoms with van der Waals surface area (Å²) in [4.78, 5) is 23.0. The Morgan fingerprint density at radius 2 is 1.89 bits per heavy atom. The van der Waals surface area contributed by atoms with Crippen molar-refractivity contribution >= 4 is 28.6 Å². The molecule has 0 bridgehead atoms. The van der Waals surface area contributed by atoms with Gasteiger partial charge in [0.2, 0.25) is 0 Å². The van der Waals surface area contributed by atoms with Crippen molar-refractivity contribution in [1.29, 1.82) is 0 Å². The minimum absolute atomic E-state index is 0.242. The van der Waals surface area contributed by atoms with Gasteiger partial charge in [-0.2, -0.15) is 5.10 Å². The van der Waals surface area contributed by atoms with Crippen LogP contribution < -0.4 is 0 Å². The molecule has 0 fully saturated rings. The Hall–Kier alpha value is -3.23. The van der Waals surface area contributed by atoms with E-state index in [0.717, 1.165) is 33.4 Å². The summed E-state index contributed by atoms with van der Waals surface area (Å²) in [5.41, 5.74) is 6.20. The van der Waals surface area contributed by atoms with Crippen LogP contribution in [0.2, 0.25) is 5.02 Å². The number of halogens is 1. The van der Waals surface area contributed by atoms with Crippen molar-refractivity contribution < 1.29 is 14.3 Å². The molecule has 4 aromatic heterocycles. The van der Waals surface area contributed by atoms with Crippen LogP contribution in [-0.2, 0) is 27.9 Å². The van der Waals surface area contributed by atoms with E-state index in [2.05, 4.69) is 28.5 Å². The number of hydrogen-bond donors (Lipinski definition) is 0. The Labute approximate surface area is 222 Å². The highest BCUT2D eigenvalue weighted by molar-refractivity contribution is 6.30. The summed E-state index contributed by atoms with van der Waals surface area (Å²) in [6.45, 7) is 14.4. The molecule has 0 aromatic carbocycles. The summed E-state index contributed by atoms with van der Waals surface area (Å²) in [5.74, 6) is -0.457. The van der Waals surface area contributed by atoms with E-state index >= 15 is 0 Å². The molecule has 4 heterocycles. The van der Waals surface area contributed by atoms with Crippen LogP contribution in [0.3, 0.4) is 0 Å². The van der Waals surface area contributed by atoms with Gasteiger partial charge in [-0.15, -0.1) is 0 Å². The fourth-order valence-corrected chi connectivity index (χ4v) is 4.74. The molecule has 0 aliphatic rings. The zero-order chi connectivity index (χ0) is 27.1. The average Bonchev–Trinajstić information content (AvgIpc) is 3.33. The van der Waals surface area contributed by atoms with Gasteiger partial charge >= 0.3 is 5.97 Å². The lowest BCUT2D eigenvalue weighted by Crippen LogP contribution is -2.30. The predicted octanol–water partition coefficient (Wildman–Crippen LogP) is 5.88. The molecule has 0 saturated heterocycles. The van der Waals surface area contributed by atoms with Gasteiger partial charge in [0.1, 0.15) is 5.65 Å². The maximum atomic E-state index is 13.3. The van der Waals surface area contributed by atoms with Crippen LogP contribution in [0.15, 0.2) is 30.7 Å². The van der Waals surface area contributed by atoms with Gasteiger partial charge in [0, 0.05) is 52.9 Å². The second-order valence-corrected chi connectivity index (χ2v) is 10.7. The highest BCUT2D eigenvalue weighted by Gasteiger charge is 2.35. The molecule has 0 unspecified atom stereocenters. The summed E-state index contributed by atoms with van der Waals surface area (Å²) in [6.07, 6.45) is 4.49. The van der Waals surface area contributed by atoms with Crippen LogP contribution in [0.25, 0.3) is 22.3 Å². The molecule has 37 heavy (non-hydrogen) atoms. The van der Waals surface area contributed by atoms with E-state index < -0.39 is 17.7 Å². The number of fused-ring (bicyclic) bond motifs is 1. The standard InChI is InChI=1S/C28H34ClN5O3/c1-9-36-27(35)25(37-28(5,6)7)23-17(3)32-26-22(24(23)21-11-10-20(29)13-30-21)16(2)18(4)34(26)15-19-12-31-33(8)14-19/h10-14,25H,9,15H2,1-8H3/t25-/m0/s1. The van der Waals surface area contributed by atoms with E-state index in [1.54, 1.807) is 23.9 Å². The number of carbonyl (C=O) groups is 1. The lowest BCUT2D eigenvalue weighted by Gasteiger charge is -2.29. The second kappa shape index (κ2) is 10.3. The first-order valence-corrected chi connectivity index (χ1v) is 12.7. The Morgan fingerprint density at radius 1 is 1.16 bits per heavy atom. The van der Waals surface area contributed by atoms with Crippen molar-refractivity contribution in [2.75, 3.05) is 6.61 Å². The highest BCUT2D eigenvalue weighted by atomic mass is 35.5. The number of hydrogen-bond acceptors (Lipinski definition) is 6. The first-order chi connectivity index (χ1) is 17.4. The molecule has 4 aromatic rings. The van der Waals surface area contributed by atoms with Gasteiger partial charge in [0.25, 0.3) is 0 Å². The molecule has 0 N–H and O–H groups in total. The zero-order valence-corrected chi connectivity index (χ0v) is 23.5. The van der Waals surface area contributed by atoms with Crippen molar-refractivity contribution in [3.05, 3.63) is 63.8 Å². The molecule has 8 nitrogen and oxygen atoms in total. The third-order valence-electron chi connectivity index (χ3n) is 6.30. The minimum Gasteiger partial charge on any atom is -0.464 e. The number of rotatable bonds is 7. The highest BCUT2D eigenvalue weighted by Crippen LogP contribution is 2.42. The fraction of sp³-hybridized carbons (Fsp3) is 0.429. The van der Waals surface area contributed by atoms with E-state index in [1.807, 2.05) is 53.2 Å². The van der Waals surface area contributed by atoms with Gasteiger partial charge in [-0.25, -0.2) is 9.78 Å². The van der Waals surface area contributed by atoms with Crippen LogP contribution in [0.5, 0.6) is 0 Å². The third kappa shape index (κ3) is 5.40. The number of aryl methyl sites for hydroxylation is 3. The largest absolute Gasteiger partial charge is 0.464 e. The molecular formula is C28H34ClN5O3. The maximum Gasteiger partial charge on any atom is 0.340 e. The van der Waals surface area contributed by atoms with Crippen molar-refractivity contribution in [3.63, 3.8) is 0 Å². The van der Waals surface area contributed by atoms with E-state index in [4.69, 9.17) is 26.1 Å². The smallest absolute Gasteiger partial charge is 0.340 e. The van der Waals surface area contributed by atoms with Crippen LogP contribution in [0.1, 0.15) is 61.9 Å². The van der Waals surface area contributed by atoms with Crippen LogP contribution in [0, 0.1) is 20.8 Å². The first kappa shape index (κ1) is 26.8. The minimum atomic E-state index is -0.981. The molecule has 4 rings (SSSR count). The van der Waals surface area contributed by atoms with Gasteiger partial charge in [0.15, 0.2) is 6.10 Å². The number of nitrogens with zero attached hydrogens (tertiary/aromatic N) is 5. The topological polar surface area (TPSA) is 84.1 Å². The second-order valence-electron chi connectivity index (χ2n) is 10.2. The molecule has 0 aliphatic carbocycles. The van der Waals surface area contributed by atoms with Crippen LogP contribution in [-0.4, -0.2) is 42.5 Å². The lowest BCUT2D eigenvalue weighted by atomic mass is 9.93. The number of ether oxygens (including phenoxy) is 2. The van der Waals surface area contributed by atoms with Crippen molar-refractivity contribution in [1.82, 2.24) is 24.3 Å². The lowest BCUT2D eigenvalue weighted by molar-refractivity contribution is -0.166. The van der Waals surface area contributed by atoms with Gasteiger partial charge < -0.3 is 14.0 Å². The molecule has 0 amide bonds. The van der Waals surface area contributed by atoms with Crippen molar-refractivity contribution in [2.24, 2.45) is 7.05 Å². The summed E-state index contributed by atoms with van der Waals surface area (Å²) in [7, 11) is 1.90. The molecule has 196 valence electrons. The van der Waals surface area contributed by atoms with Crippen molar-refractivity contribution in [3.8, 4) is 11.3 Å². The quantitative estimate of drug-likeness (QED) is 0.281. The number of carbonyl (C=O) groups excluding carboxylic acids is 1. The van der Waals surface area contributed by atoms with E-state index in [-0.39, 0.29) is 6.61 Å². The molecule has 0 spiro atoms. The summed E-state index contributed by atoms with van der Waals surface area (Å²) in [6, 6.07) is 3.67. The Morgan fingerprint density at radius 3 is 2.46 bits per heavy atom. The van der Waals surface area contributed by atoms with Gasteiger partial charge in [-0.05, 0) is 66.2 Å². The van der Waals surface area contributed by atoms with Gasteiger partial charge in [-0.3, -0.25) is 9.67 Å². The number of pyridine rings is 2. The molecular weight excluding hydrogens is 490 g/mol. The zero-order valence-electron chi connectivity index (χ0n) is 22.7. The van der Waals surface area contributed by atoms with E-state index in [1.165, 1.54) is 0 Å². The van der Waals surface area contributed by atoms with E-state index in [9.17, 15) is 4.79 Å². The molecule has 1 atom stereocenters. The van der Waals surface area contributed by atoms with E-state index in [0.29, 0.717) is 28.5 Å². The summed E-state index contributed by atoms with van der Waals surface area (Å²) >= 11 is 6.20. The first-order valence-electron chi connectivity index (χ1n) is 12.3. The van der Waals surface area contributed by atoms with Crippen molar-refractivity contribution in [2.45, 2.75) is 66.7 Å². The molecule has 0 saturated carbocycles. The van der Waals surface area contributed by atoms with Crippen LogP contribution in [0.4, 0.5) is 0 Å². The maximum absolute atomic E-state index is 13.3. The number of aromatic nitrogens is 5. The monoisotopic (exact) mass is 523 g/mol. The number of esters is 1. The Kier molecular flexibility index (Phi) is 7.44. The predicted molar refractivity (Wildman–Crippen MR) is 145 cm³/mol. The molecule has 9 heteroatoms. The molecule has 0 radical (unpaired) electrons. The van der Waals surface area contributed by atoms with Crippen LogP contribution >= 0.6 is 11.6 Å². The molecule has 0 aliphatic heterocycles. The SMILES string of the molecule is CCOC(=O)[C@@H](OC(C)(C)C)c1c(C)nc2c(c(C)c(C)n2Cc2cnn(C)c2)c1-c1ccc(Cl)cn1. The normalized spacial score (nSPS) is 12.8. The fourth-order valence-electron chi connectivity index (χ4n) is 4.63. The summed E-state index contributed by atoms with van der Waals surface area (Å²) < 4.78 is 15.8. The summed E-state index contributed by atoms with van der Waals surface area (Å²) in [5, 5.41) is 5.77. The van der Waals surface area contributed by atoms with Gasteiger partial charge in [-0.1, -0.05) is 11.6 Å². The van der Waals surface area contributed by atoms with Gasteiger partial charge in [0.05, 0.1) is 35.7 Å². The average molecular weight is 524 g/mol. The Balaban J connectivity index is 2.07. The third-order valence-corrected chi connectivity index (χ3v) is 6.53. The Bertz CT molecular complexity index is 1450.